The number of hydrogen-bond acceptors (Lipinski definition) is 2. The maximum atomic E-state index is 13.5. The van der Waals surface area contributed by atoms with Gasteiger partial charge in [-0.25, -0.2) is 4.39 Å². The molecule has 2 unspecified atom stereocenters. The molecule has 1 aliphatic rings. The highest BCUT2D eigenvalue weighted by Crippen LogP contribution is 2.31. The number of halogens is 1. The summed E-state index contributed by atoms with van der Waals surface area (Å²) >= 11 is 0. The Labute approximate surface area is 116 Å². The molecule has 0 spiro atoms. The van der Waals surface area contributed by atoms with Gasteiger partial charge in [0.2, 0.25) is 0 Å². The van der Waals surface area contributed by atoms with Crippen LogP contribution in [-0.4, -0.2) is 18.6 Å². The highest BCUT2D eigenvalue weighted by molar-refractivity contribution is 5.55. The van der Waals surface area contributed by atoms with E-state index in [-0.39, 0.29) is 5.82 Å². The first-order chi connectivity index (χ1) is 8.97. The van der Waals surface area contributed by atoms with Gasteiger partial charge in [-0.2, -0.15) is 0 Å². The maximum Gasteiger partial charge on any atom is 0.123 e. The van der Waals surface area contributed by atoms with Crippen LogP contribution >= 0.6 is 0 Å². The Balaban J connectivity index is 2.23. The van der Waals surface area contributed by atoms with Crippen LogP contribution in [0.25, 0.3) is 0 Å². The zero-order valence-corrected chi connectivity index (χ0v) is 12.4. The number of anilines is 1. The first-order valence-electron chi connectivity index (χ1n) is 7.25. The van der Waals surface area contributed by atoms with E-state index in [1.165, 1.54) is 12.1 Å². The highest BCUT2D eigenvalue weighted by Gasteiger charge is 2.27. The van der Waals surface area contributed by atoms with Crippen LogP contribution in [0.4, 0.5) is 10.1 Å². The van der Waals surface area contributed by atoms with E-state index in [1.54, 1.807) is 12.1 Å². The second-order valence-electron chi connectivity index (χ2n) is 6.15. The van der Waals surface area contributed by atoms with E-state index in [0.717, 1.165) is 18.7 Å². The van der Waals surface area contributed by atoms with E-state index in [1.807, 2.05) is 6.07 Å². The van der Waals surface area contributed by atoms with Crippen LogP contribution in [0.2, 0.25) is 0 Å². The number of benzene rings is 1. The molecule has 0 aliphatic carbocycles. The number of hydrogen-bond donors (Lipinski definition) is 1. The summed E-state index contributed by atoms with van der Waals surface area (Å²) in [4.78, 5) is 2.42. The normalized spacial score (nSPS) is 23.4. The van der Waals surface area contributed by atoms with Crippen molar-refractivity contribution in [1.29, 1.82) is 0 Å². The van der Waals surface area contributed by atoms with Crippen molar-refractivity contribution >= 4 is 5.69 Å². The SMILES string of the molecule is CC1CC(C)N(c2ccc(F)cc2CNC(C)C)C1. The highest BCUT2D eigenvalue weighted by atomic mass is 19.1. The molecule has 3 heteroatoms. The van der Waals surface area contributed by atoms with Gasteiger partial charge in [0.05, 0.1) is 0 Å². The standard InChI is InChI=1S/C16H25FN2/c1-11(2)18-9-14-8-15(17)5-6-16(14)19-10-12(3)7-13(19)4/h5-6,8,11-13,18H,7,9-10H2,1-4H3. The Hall–Kier alpha value is -1.09. The summed E-state index contributed by atoms with van der Waals surface area (Å²) in [6.45, 7) is 10.6. The summed E-state index contributed by atoms with van der Waals surface area (Å²) < 4.78 is 13.5. The molecule has 19 heavy (non-hydrogen) atoms. The molecule has 1 aromatic carbocycles. The van der Waals surface area contributed by atoms with E-state index >= 15 is 0 Å². The Kier molecular flexibility index (Phi) is 4.46. The molecule has 0 bridgehead atoms. The molecule has 2 nitrogen and oxygen atoms in total. The molecule has 2 rings (SSSR count). The van der Waals surface area contributed by atoms with Crippen molar-refractivity contribution in [2.45, 2.75) is 52.7 Å². The molecule has 1 saturated heterocycles. The van der Waals surface area contributed by atoms with Gasteiger partial charge in [0.15, 0.2) is 0 Å². The average Bonchev–Trinajstić information content (AvgIpc) is 2.66. The average molecular weight is 264 g/mol. The van der Waals surface area contributed by atoms with Crippen molar-refractivity contribution in [1.82, 2.24) is 5.32 Å². The molecule has 1 aliphatic heterocycles. The van der Waals surface area contributed by atoms with Crippen molar-refractivity contribution in [2.24, 2.45) is 5.92 Å². The molecular weight excluding hydrogens is 239 g/mol. The smallest absolute Gasteiger partial charge is 0.123 e. The zero-order valence-electron chi connectivity index (χ0n) is 12.4. The first kappa shape index (κ1) is 14.3. The predicted molar refractivity (Wildman–Crippen MR) is 79.0 cm³/mol. The molecule has 1 N–H and O–H groups in total. The van der Waals surface area contributed by atoms with Crippen LogP contribution in [0.5, 0.6) is 0 Å². The van der Waals surface area contributed by atoms with Crippen LogP contribution in [0, 0.1) is 11.7 Å². The van der Waals surface area contributed by atoms with Gasteiger partial charge >= 0.3 is 0 Å². The lowest BCUT2D eigenvalue weighted by molar-refractivity contribution is 0.579. The van der Waals surface area contributed by atoms with E-state index in [0.29, 0.717) is 18.0 Å². The molecule has 1 heterocycles. The quantitative estimate of drug-likeness (QED) is 0.894. The predicted octanol–water partition coefficient (Wildman–Crippen LogP) is 3.56. The van der Waals surface area contributed by atoms with Crippen LogP contribution in [0.1, 0.15) is 39.7 Å². The molecule has 106 valence electrons. The summed E-state index contributed by atoms with van der Waals surface area (Å²) in [5.41, 5.74) is 2.25. The first-order valence-corrected chi connectivity index (χ1v) is 7.25. The fourth-order valence-corrected chi connectivity index (χ4v) is 2.93. The molecule has 1 fully saturated rings. The van der Waals surface area contributed by atoms with Gasteiger partial charge in [0.1, 0.15) is 5.82 Å². The molecule has 2 atom stereocenters. The van der Waals surface area contributed by atoms with Crippen LogP contribution in [-0.2, 0) is 6.54 Å². The molecule has 0 saturated carbocycles. The number of nitrogens with one attached hydrogen (secondary N) is 1. The second-order valence-corrected chi connectivity index (χ2v) is 6.15. The fourth-order valence-electron chi connectivity index (χ4n) is 2.93. The topological polar surface area (TPSA) is 15.3 Å². The summed E-state index contributed by atoms with van der Waals surface area (Å²) in [7, 11) is 0. The van der Waals surface area contributed by atoms with Crippen LogP contribution < -0.4 is 10.2 Å². The van der Waals surface area contributed by atoms with Crippen molar-refractivity contribution in [3.63, 3.8) is 0 Å². The minimum Gasteiger partial charge on any atom is -0.368 e. The second kappa shape index (κ2) is 5.91. The van der Waals surface area contributed by atoms with Crippen molar-refractivity contribution in [2.75, 3.05) is 11.4 Å². The third kappa shape index (κ3) is 3.47. The van der Waals surface area contributed by atoms with Gasteiger partial charge in [-0.3, -0.25) is 0 Å². The third-order valence-corrected chi connectivity index (χ3v) is 3.84. The number of nitrogens with zero attached hydrogens (tertiary/aromatic N) is 1. The van der Waals surface area contributed by atoms with Gasteiger partial charge in [-0.05, 0) is 43.0 Å². The lowest BCUT2D eigenvalue weighted by Crippen LogP contribution is -2.29. The van der Waals surface area contributed by atoms with E-state index in [4.69, 9.17) is 0 Å². The summed E-state index contributed by atoms with van der Waals surface area (Å²) in [5.74, 6) is 0.565. The minimum absolute atomic E-state index is 0.149. The summed E-state index contributed by atoms with van der Waals surface area (Å²) in [5, 5.41) is 3.39. The minimum atomic E-state index is -0.149. The summed E-state index contributed by atoms with van der Waals surface area (Å²) in [6.07, 6.45) is 1.22. The number of rotatable bonds is 4. The molecule has 0 radical (unpaired) electrons. The fraction of sp³-hybridized carbons (Fsp3) is 0.625. The molecule has 0 amide bonds. The van der Waals surface area contributed by atoms with Crippen LogP contribution in [0.15, 0.2) is 18.2 Å². The summed E-state index contributed by atoms with van der Waals surface area (Å²) in [6, 6.07) is 6.12. The van der Waals surface area contributed by atoms with Crippen molar-refractivity contribution < 1.29 is 4.39 Å². The van der Waals surface area contributed by atoms with Gasteiger partial charge < -0.3 is 10.2 Å². The lowest BCUT2D eigenvalue weighted by Gasteiger charge is -2.27. The molecular formula is C16H25FN2. The Morgan fingerprint density at radius 1 is 1.37 bits per heavy atom. The van der Waals surface area contributed by atoms with E-state index in [9.17, 15) is 4.39 Å². The van der Waals surface area contributed by atoms with Crippen molar-refractivity contribution in [3.05, 3.63) is 29.6 Å². The zero-order chi connectivity index (χ0) is 14.0. The van der Waals surface area contributed by atoms with E-state index < -0.39 is 0 Å². The Morgan fingerprint density at radius 2 is 2.11 bits per heavy atom. The lowest BCUT2D eigenvalue weighted by atomic mass is 10.1. The molecule has 1 aromatic rings. The molecule has 0 aromatic heterocycles. The monoisotopic (exact) mass is 264 g/mol. The third-order valence-electron chi connectivity index (χ3n) is 3.84. The van der Waals surface area contributed by atoms with Gasteiger partial charge in [0, 0.05) is 30.9 Å². The Bertz CT molecular complexity index is 431. The Morgan fingerprint density at radius 3 is 2.68 bits per heavy atom. The van der Waals surface area contributed by atoms with Crippen LogP contribution in [0.3, 0.4) is 0 Å². The largest absolute Gasteiger partial charge is 0.368 e. The van der Waals surface area contributed by atoms with E-state index in [2.05, 4.69) is 37.9 Å². The maximum absolute atomic E-state index is 13.5. The van der Waals surface area contributed by atoms with Gasteiger partial charge in [-0.15, -0.1) is 0 Å². The van der Waals surface area contributed by atoms with Crippen molar-refractivity contribution in [3.8, 4) is 0 Å². The van der Waals surface area contributed by atoms with Gasteiger partial charge in [0.25, 0.3) is 0 Å². The van der Waals surface area contributed by atoms with Gasteiger partial charge in [-0.1, -0.05) is 20.8 Å².